The Bertz CT molecular complexity index is 443. The van der Waals surface area contributed by atoms with Crippen LogP contribution in [0.3, 0.4) is 0 Å². The van der Waals surface area contributed by atoms with Crippen molar-refractivity contribution >= 4 is 5.97 Å². The molecule has 0 aromatic heterocycles. The van der Waals surface area contributed by atoms with Crippen molar-refractivity contribution in [3.8, 4) is 0 Å². The number of carboxylic acid groups (broad SMARTS) is 1. The highest BCUT2D eigenvalue weighted by atomic mass is 19.1. The number of rotatable bonds is 5. The molecule has 98 valence electrons. The highest BCUT2D eigenvalue weighted by Gasteiger charge is 2.23. The highest BCUT2D eigenvalue weighted by Crippen LogP contribution is 2.29. The van der Waals surface area contributed by atoms with Crippen LogP contribution >= 0.6 is 0 Å². The molecule has 0 amide bonds. The second kappa shape index (κ2) is 5.48. The fourth-order valence-corrected chi connectivity index (χ4v) is 2.22. The Morgan fingerprint density at radius 3 is 2.83 bits per heavy atom. The molecular formula is C14H18FNO2. The number of carboxylic acids is 1. The summed E-state index contributed by atoms with van der Waals surface area (Å²) >= 11 is 0. The Balaban J connectivity index is 1.99. The second-order valence-corrected chi connectivity index (χ2v) is 4.97. The number of hydrogen-bond acceptors (Lipinski definition) is 2. The molecule has 1 aromatic carbocycles. The lowest BCUT2D eigenvalue weighted by atomic mass is 9.80. The van der Waals surface area contributed by atoms with Crippen molar-refractivity contribution in [2.24, 2.45) is 5.92 Å². The number of aromatic carboxylic acids is 1. The summed E-state index contributed by atoms with van der Waals surface area (Å²) in [7, 11) is 0. The van der Waals surface area contributed by atoms with Gasteiger partial charge in [-0.25, -0.2) is 9.18 Å². The van der Waals surface area contributed by atoms with Gasteiger partial charge < -0.3 is 10.4 Å². The maximum absolute atomic E-state index is 13.5. The van der Waals surface area contributed by atoms with Crippen molar-refractivity contribution in [3.63, 3.8) is 0 Å². The van der Waals surface area contributed by atoms with E-state index >= 15 is 0 Å². The molecule has 0 spiro atoms. The third kappa shape index (κ3) is 2.88. The Morgan fingerprint density at radius 2 is 2.28 bits per heavy atom. The molecule has 2 rings (SSSR count). The summed E-state index contributed by atoms with van der Waals surface area (Å²) in [5, 5.41) is 12.1. The molecule has 1 unspecified atom stereocenters. The van der Waals surface area contributed by atoms with Crippen LogP contribution in [0.2, 0.25) is 0 Å². The SMILES string of the molecule is CC(NCc1cc(C(=O)O)ccc1F)C1CCC1. The van der Waals surface area contributed by atoms with Crippen molar-refractivity contribution in [1.82, 2.24) is 5.32 Å². The molecule has 0 bridgehead atoms. The van der Waals surface area contributed by atoms with E-state index in [-0.39, 0.29) is 11.4 Å². The molecule has 0 heterocycles. The number of hydrogen-bond donors (Lipinski definition) is 2. The molecule has 1 fully saturated rings. The van der Waals surface area contributed by atoms with E-state index in [0.717, 1.165) is 0 Å². The molecule has 1 aliphatic rings. The minimum atomic E-state index is -1.02. The molecule has 0 aliphatic heterocycles. The number of benzene rings is 1. The molecular weight excluding hydrogens is 233 g/mol. The molecule has 1 aromatic rings. The summed E-state index contributed by atoms with van der Waals surface area (Å²) in [6.07, 6.45) is 3.73. The number of carbonyl (C=O) groups is 1. The molecule has 1 saturated carbocycles. The van der Waals surface area contributed by atoms with E-state index in [4.69, 9.17) is 5.11 Å². The zero-order valence-corrected chi connectivity index (χ0v) is 10.4. The quantitative estimate of drug-likeness (QED) is 0.846. The lowest BCUT2D eigenvalue weighted by Gasteiger charge is -2.32. The van der Waals surface area contributed by atoms with Crippen LogP contribution in [-0.2, 0) is 6.54 Å². The summed E-state index contributed by atoms with van der Waals surface area (Å²) in [5.41, 5.74) is 0.547. The van der Waals surface area contributed by atoms with Crippen LogP contribution in [0.1, 0.15) is 42.1 Å². The Morgan fingerprint density at radius 1 is 1.56 bits per heavy atom. The van der Waals surface area contributed by atoms with Gasteiger partial charge in [0.25, 0.3) is 0 Å². The minimum Gasteiger partial charge on any atom is -0.478 e. The molecule has 4 heteroatoms. The minimum absolute atomic E-state index is 0.129. The van der Waals surface area contributed by atoms with Gasteiger partial charge in [-0.05, 0) is 43.9 Å². The van der Waals surface area contributed by atoms with E-state index in [9.17, 15) is 9.18 Å². The van der Waals surface area contributed by atoms with Gasteiger partial charge in [0.05, 0.1) is 5.56 Å². The average Bonchev–Trinajstić information content (AvgIpc) is 2.25. The van der Waals surface area contributed by atoms with Crippen molar-refractivity contribution in [1.29, 1.82) is 0 Å². The monoisotopic (exact) mass is 251 g/mol. The molecule has 0 radical (unpaired) electrons. The summed E-state index contributed by atoms with van der Waals surface area (Å²) in [6.45, 7) is 2.48. The predicted octanol–water partition coefficient (Wildman–Crippen LogP) is 2.80. The average molecular weight is 251 g/mol. The van der Waals surface area contributed by atoms with Gasteiger partial charge in [0, 0.05) is 18.2 Å². The smallest absolute Gasteiger partial charge is 0.335 e. The van der Waals surface area contributed by atoms with Crippen LogP contribution in [0.4, 0.5) is 4.39 Å². The van der Waals surface area contributed by atoms with Gasteiger partial charge in [-0.3, -0.25) is 0 Å². The lowest BCUT2D eigenvalue weighted by molar-refractivity contribution is 0.0696. The van der Waals surface area contributed by atoms with Gasteiger partial charge in [0.1, 0.15) is 5.82 Å². The normalized spacial score (nSPS) is 17.2. The van der Waals surface area contributed by atoms with E-state index in [1.54, 1.807) is 0 Å². The zero-order valence-electron chi connectivity index (χ0n) is 10.4. The van der Waals surface area contributed by atoms with E-state index in [2.05, 4.69) is 12.2 Å². The number of nitrogens with one attached hydrogen (secondary N) is 1. The first-order valence-electron chi connectivity index (χ1n) is 6.33. The van der Waals surface area contributed by atoms with Crippen molar-refractivity contribution in [2.45, 2.75) is 38.8 Å². The van der Waals surface area contributed by atoms with Gasteiger partial charge in [-0.2, -0.15) is 0 Å². The first kappa shape index (κ1) is 13.0. The van der Waals surface area contributed by atoms with E-state index in [1.165, 1.54) is 37.5 Å². The van der Waals surface area contributed by atoms with E-state index in [0.29, 0.717) is 24.1 Å². The van der Waals surface area contributed by atoms with Crippen molar-refractivity contribution in [2.75, 3.05) is 0 Å². The van der Waals surface area contributed by atoms with Gasteiger partial charge >= 0.3 is 5.97 Å². The first-order valence-corrected chi connectivity index (χ1v) is 6.33. The van der Waals surface area contributed by atoms with Gasteiger partial charge in [-0.1, -0.05) is 6.42 Å². The third-order valence-corrected chi connectivity index (χ3v) is 3.76. The van der Waals surface area contributed by atoms with Gasteiger partial charge in [-0.15, -0.1) is 0 Å². The van der Waals surface area contributed by atoms with Crippen LogP contribution < -0.4 is 5.32 Å². The predicted molar refractivity (Wildman–Crippen MR) is 67.0 cm³/mol. The van der Waals surface area contributed by atoms with E-state index in [1.807, 2.05) is 0 Å². The standard InChI is InChI=1S/C14H18FNO2/c1-9(10-3-2-4-10)16-8-12-7-11(14(17)18)5-6-13(12)15/h5-7,9-10,16H,2-4,8H2,1H3,(H,17,18). The van der Waals surface area contributed by atoms with Crippen LogP contribution in [-0.4, -0.2) is 17.1 Å². The van der Waals surface area contributed by atoms with Crippen LogP contribution in [0.15, 0.2) is 18.2 Å². The lowest BCUT2D eigenvalue weighted by Crippen LogP contribution is -2.36. The van der Waals surface area contributed by atoms with Crippen LogP contribution in [0, 0.1) is 11.7 Å². The fraction of sp³-hybridized carbons (Fsp3) is 0.500. The van der Waals surface area contributed by atoms with Crippen LogP contribution in [0.5, 0.6) is 0 Å². The van der Waals surface area contributed by atoms with Crippen molar-refractivity contribution < 1.29 is 14.3 Å². The molecule has 3 nitrogen and oxygen atoms in total. The fourth-order valence-electron chi connectivity index (χ4n) is 2.22. The number of halogens is 1. The molecule has 1 aliphatic carbocycles. The highest BCUT2D eigenvalue weighted by molar-refractivity contribution is 5.87. The molecule has 0 saturated heterocycles. The summed E-state index contributed by atoms with van der Waals surface area (Å²) in [4.78, 5) is 10.8. The molecule has 2 N–H and O–H groups in total. The van der Waals surface area contributed by atoms with Crippen molar-refractivity contribution in [3.05, 3.63) is 35.1 Å². The van der Waals surface area contributed by atoms with Gasteiger partial charge in [0.2, 0.25) is 0 Å². The summed E-state index contributed by atoms with van der Waals surface area (Å²) < 4.78 is 13.5. The van der Waals surface area contributed by atoms with E-state index < -0.39 is 5.97 Å². The Labute approximate surface area is 106 Å². The maximum atomic E-state index is 13.5. The zero-order chi connectivity index (χ0) is 13.1. The molecule has 1 atom stereocenters. The van der Waals surface area contributed by atoms with Gasteiger partial charge in [0.15, 0.2) is 0 Å². The molecule has 18 heavy (non-hydrogen) atoms. The Hall–Kier alpha value is -1.42. The topological polar surface area (TPSA) is 49.3 Å². The third-order valence-electron chi connectivity index (χ3n) is 3.76. The summed E-state index contributed by atoms with van der Waals surface area (Å²) in [6, 6.07) is 4.26. The first-order chi connectivity index (χ1) is 8.58. The summed E-state index contributed by atoms with van der Waals surface area (Å²) in [5.74, 6) is -0.702. The Kier molecular flexibility index (Phi) is 3.97. The largest absolute Gasteiger partial charge is 0.478 e. The van der Waals surface area contributed by atoms with Crippen LogP contribution in [0.25, 0.3) is 0 Å². The maximum Gasteiger partial charge on any atom is 0.335 e. The second-order valence-electron chi connectivity index (χ2n) is 4.97.